The third-order valence-corrected chi connectivity index (χ3v) is 12.9. The predicted molar refractivity (Wildman–Crippen MR) is 139 cm³/mol. The van der Waals surface area contributed by atoms with Gasteiger partial charge in [-0.1, -0.05) is 81.4 Å². The number of carbonyl (C=O) groups is 2. The van der Waals surface area contributed by atoms with E-state index in [1.807, 2.05) is 36.4 Å². The van der Waals surface area contributed by atoms with Crippen LogP contribution in [0.15, 0.2) is 60.7 Å². The lowest BCUT2D eigenvalue weighted by molar-refractivity contribution is -0.151. The number of aldehydes is 1. The first-order chi connectivity index (χ1) is 17.2. The normalized spacial score (nSPS) is 28.1. The van der Waals surface area contributed by atoms with Gasteiger partial charge in [0.25, 0.3) is 8.32 Å². The van der Waals surface area contributed by atoms with Crippen molar-refractivity contribution in [1.82, 2.24) is 5.32 Å². The Morgan fingerprint density at radius 2 is 1.67 bits per heavy atom. The van der Waals surface area contributed by atoms with Crippen LogP contribution in [-0.4, -0.2) is 58.5 Å². The van der Waals surface area contributed by atoms with Crippen molar-refractivity contribution in [2.45, 2.75) is 51.0 Å². The second kappa shape index (κ2) is 10.6. The molecule has 2 N–H and O–H groups in total. The Labute approximate surface area is 214 Å². The minimum absolute atomic E-state index is 0.00946. The summed E-state index contributed by atoms with van der Waals surface area (Å²) in [5.74, 6) is -1.01. The molecule has 36 heavy (non-hydrogen) atoms. The molecule has 0 spiro atoms. The van der Waals surface area contributed by atoms with Gasteiger partial charge < -0.3 is 29.1 Å². The van der Waals surface area contributed by atoms with Crippen LogP contribution in [0.1, 0.15) is 33.6 Å². The highest BCUT2D eigenvalue weighted by Crippen LogP contribution is 2.55. The van der Waals surface area contributed by atoms with Crippen LogP contribution in [0.2, 0.25) is 5.04 Å². The van der Waals surface area contributed by atoms with Crippen LogP contribution in [0.25, 0.3) is 0 Å². The van der Waals surface area contributed by atoms with Gasteiger partial charge in [0.05, 0.1) is 12.7 Å². The first-order valence-electron chi connectivity index (χ1n) is 12.5. The number of carbonyl (C=O) groups excluding carboxylic acids is 2. The van der Waals surface area contributed by atoms with Crippen LogP contribution >= 0.6 is 0 Å². The first-order valence-corrected chi connectivity index (χ1v) is 14.4. The van der Waals surface area contributed by atoms with Crippen molar-refractivity contribution in [3.05, 3.63) is 60.7 Å². The maximum Gasteiger partial charge on any atom is 0.261 e. The van der Waals surface area contributed by atoms with Crippen molar-refractivity contribution in [2.75, 3.05) is 20.5 Å². The topological polar surface area (TPSA) is 94.1 Å². The summed E-state index contributed by atoms with van der Waals surface area (Å²) in [6, 6.07) is 20.5. The average molecular weight is 512 g/mol. The number of fused-ring (bicyclic) bond motifs is 1. The Morgan fingerprint density at radius 1 is 1.08 bits per heavy atom. The van der Waals surface area contributed by atoms with Crippen LogP contribution < -0.4 is 15.7 Å². The average Bonchev–Trinajstić information content (AvgIpc) is 3.31. The molecule has 7 nitrogen and oxygen atoms in total. The third kappa shape index (κ3) is 4.35. The van der Waals surface area contributed by atoms with Gasteiger partial charge in [0.15, 0.2) is 0 Å². The lowest BCUT2D eigenvalue weighted by Gasteiger charge is -2.45. The van der Waals surface area contributed by atoms with E-state index < -0.39 is 32.0 Å². The fraction of sp³-hybridized carbons (Fsp3) is 0.500. The van der Waals surface area contributed by atoms with Crippen LogP contribution in [-0.2, 0) is 23.5 Å². The van der Waals surface area contributed by atoms with E-state index in [2.05, 4.69) is 50.4 Å². The molecular formula is C28H37NO6Si. The molecule has 194 valence electrons. The number of methoxy groups -OCH3 is 1. The molecule has 8 heteroatoms. The van der Waals surface area contributed by atoms with Gasteiger partial charge in [0, 0.05) is 19.4 Å². The zero-order chi connectivity index (χ0) is 26.0. The summed E-state index contributed by atoms with van der Waals surface area (Å²) >= 11 is 0. The van der Waals surface area contributed by atoms with E-state index in [9.17, 15) is 14.7 Å². The van der Waals surface area contributed by atoms with Crippen molar-refractivity contribution >= 4 is 30.9 Å². The number of hydrogen-bond donors (Lipinski definition) is 2. The van der Waals surface area contributed by atoms with Crippen LogP contribution in [0.4, 0.5) is 0 Å². The number of aliphatic hydroxyl groups excluding tert-OH is 1. The molecule has 1 saturated carbocycles. The number of ether oxygens (including phenoxy) is 2. The summed E-state index contributed by atoms with van der Waals surface area (Å²) in [7, 11) is -1.42. The SMILES string of the molecule is COCO[C@H]1C[C@@H](CC=O)[C@H]2C(O)NC(=O)[C@@]12CO[Si](c1ccccc1)(c1ccccc1)C(C)(C)C. The van der Waals surface area contributed by atoms with Gasteiger partial charge in [-0.2, -0.15) is 0 Å². The highest BCUT2D eigenvalue weighted by Gasteiger charge is 2.67. The largest absolute Gasteiger partial charge is 0.406 e. The summed E-state index contributed by atoms with van der Waals surface area (Å²) < 4.78 is 18.4. The zero-order valence-corrected chi connectivity index (χ0v) is 22.5. The molecule has 2 aromatic rings. The smallest absolute Gasteiger partial charge is 0.261 e. The monoisotopic (exact) mass is 511 g/mol. The quantitative estimate of drug-likeness (QED) is 0.289. The van der Waals surface area contributed by atoms with Crippen molar-refractivity contribution < 1.29 is 28.6 Å². The highest BCUT2D eigenvalue weighted by atomic mass is 28.4. The molecule has 2 fully saturated rings. The van der Waals surface area contributed by atoms with Crippen molar-refractivity contribution in [1.29, 1.82) is 0 Å². The van der Waals surface area contributed by atoms with Crippen LogP contribution in [0, 0.1) is 17.3 Å². The van der Waals surface area contributed by atoms with Gasteiger partial charge >= 0.3 is 0 Å². The molecule has 0 bridgehead atoms. The van der Waals surface area contributed by atoms with E-state index >= 15 is 0 Å². The molecule has 1 saturated heterocycles. The Bertz CT molecular complexity index is 1000. The Kier molecular flexibility index (Phi) is 7.82. The molecule has 0 aromatic heterocycles. The van der Waals surface area contributed by atoms with Crippen LogP contribution in [0.5, 0.6) is 0 Å². The van der Waals surface area contributed by atoms with Gasteiger partial charge in [0.2, 0.25) is 5.91 Å². The minimum Gasteiger partial charge on any atom is -0.406 e. The van der Waals surface area contributed by atoms with Gasteiger partial charge in [0.1, 0.15) is 24.7 Å². The summed E-state index contributed by atoms with van der Waals surface area (Å²) in [5, 5.41) is 15.6. The van der Waals surface area contributed by atoms with E-state index in [1.54, 1.807) is 0 Å². The lowest BCUT2D eigenvalue weighted by atomic mass is 9.76. The molecule has 1 amide bonds. The number of benzene rings is 2. The fourth-order valence-electron chi connectivity index (χ4n) is 6.44. The number of hydrogen-bond acceptors (Lipinski definition) is 6. The molecule has 5 atom stereocenters. The molecule has 1 aliphatic heterocycles. The molecule has 0 radical (unpaired) electrons. The van der Waals surface area contributed by atoms with Gasteiger partial charge in [-0.05, 0) is 27.8 Å². The van der Waals surface area contributed by atoms with Crippen molar-refractivity contribution in [3.8, 4) is 0 Å². The van der Waals surface area contributed by atoms with Gasteiger partial charge in [-0.15, -0.1) is 0 Å². The molecule has 4 rings (SSSR count). The maximum atomic E-state index is 13.6. The number of aliphatic hydroxyl groups is 1. The summed E-state index contributed by atoms with van der Waals surface area (Å²) in [5.41, 5.74) is -1.14. The van der Waals surface area contributed by atoms with Crippen molar-refractivity contribution in [3.63, 3.8) is 0 Å². The Balaban J connectivity index is 1.84. The molecule has 1 aliphatic carbocycles. The van der Waals surface area contributed by atoms with E-state index in [0.29, 0.717) is 6.42 Å². The van der Waals surface area contributed by atoms with E-state index in [1.165, 1.54) is 7.11 Å². The molecule has 1 heterocycles. The Hall–Kier alpha value is -2.36. The number of nitrogens with one attached hydrogen (secondary N) is 1. The standard InChI is InChI=1S/C28H37NO6Si/c1-27(2,3)36(21-11-7-5-8-12-21,22-13-9-6-10-14-22)35-18-28-23(34-19-33-4)17-20(15-16-30)24(28)25(31)29-26(28)32/h5-14,16,20,23-25,31H,15,17-19H2,1-4H3,(H,29,32)/t20-,23+,24+,25?,28+/m1/s1. The minimum atomic E-state index is -2.95. The Morgan fingerprint density at radius 3 is 2.17 bits per heavy atom. The summed E-state index contributed by atoms with van der Waals surface area (Å²) in [6.45, 7) is 6.62. The lowest BCUT2D eigenvalue weighted by Crippen LogP contribution is -2.68. The van der Waals surface area contributed by atoms with Crippen molar-refractivity contribution in [2.24, 2.45) is 17.3 Å². The second-order valence-corrected chi connectivity index (χ2v) is 15.2. The van der Waals surface area contributed by atoms with E-state index in [0.717, 1.165) is 16.7 Å². The first kappa shape index (κ1) is 26.7. The summed E-state index contributed by atoms with van der Waals surface area (Å²) in [4.78, 5) is 25.1. The fourth-order valence-corrected chi connectivity index (χ4v) is 11.1. The third-order valence-electron chi connectivity index (χ3n) is 7.97. The molecular weight excluding hydrogens is 474 g/mol. The van der Waals surface area contributed by atoms with Crippen LogP contribution in [0.3, 0.4) is 0 Å². The summed E-state index contributed by atoms with van der Waals surface area (Å²) in [6.07, 6.45) is -0.0533. The molecule has 1 unspecified atom stereocenters. The van der Waals surface area contributed by atoms with Gasteiger partial charge in [-0.3, -0.25) is 4.79 Å². The zero-order valence-electron chi connectivity index (χ0n) is 21.5. The number of amides is 1. The second-order valence-electron chi connectivity index (χ2n) is 10.9. The predicted octanol–water partition coefficient (Wildman–Crippen LogP) is 2.21. The van der Waals surface area contributed by atoms with Gasteiger partial charge in [-0.25, -0.2) is 0 Å². The van der Waals surface area contributed by atoms with E-state index in [-0.39, 0.29) is 36.7 Å². The highest BCUT2D eigenvalue weighted by molar-refractivity contribution is 6.99. The number of rotatable bonds is 10. The van der Waals surface area contributed by atoms with E-state index in [4.69, 9.17) is 13.9 Å². The maximum absolute atomic E-state index is 13.6. The molecule has 2 aliphatic rings. The molecule has 2 aromatic carbocycles.